The average Bonchev–Trinajstić information content (AvgIpc) is 2.84. The molecule has 1 atom stereocenters. The lowest BCUT2D eigenvalue weighted by Crippen LogP contribution is -2.29. The van der Waals surface area contributed by atoms with Crippen LogP contribution in [0.1, 0.15) is 22.0 Å². The van der Waals surface area contributed by atoms with E-state index in [1.807, 2.05) is 0 Å². The monoisotopic (exact) mass is 333 g/mol. The van der Waals surface area contributed by atoms with Crippen molar-refractivity contribution in [2.24, 2.45) is 0 Å². The number of hydrogen-bond acceptors (Lipinski definition) is 6. The van der Waals surface area contributed by atoms with E-state index in [1.54, 1.807) is 24.3 Å². The quantitative estimate of drug-likeness (QED) is 0.888. The third-order valence-corrected chi connectivity index (χ3v) is 5.56. The van der Waals surface area contributed by atoms with Crippen molar-refractivity contribution in [2.45, 2.75) is 10.8 Å². The number of aromatic nitrogens is 2. The van der Waals surface area contributed by atoms with Crippen molar-refractivity contribution < 1.29 is 17.9 Å². The second-order valence-corrected chi connectivity index (χ2v) is 7.16. The van der Waals surface area contributed by atoms with Gasteiger partial charge in [-0.15, -0.1) is 0 Å². The number of nitrogens with zero attached hydrogens (tertiary/aromatic N) is 2. The highest BCUT2D eigenvalue weighted by Crippen LogP contribution is 2.34. The average molecular weight is 333 g/mol. The predicted molar refractivity (Wildman–Crippen MR) is 82.2 cm³/mol. The molecule has 2 aromatic rings. The first-order valence-corrected chi connectivity index (χ1v) is 8.63. The largest absolute Gasteiger partial charge is 0.467 e. The second kappa shape index (κ2) is 5.96. The summed E-state index contributed by atoms with van der Waals surface area (Å²) < 4.78 is 29.1. The highest BCUT2D eigenvalue weighted by atomic mass is 32.2. The van der Waals surface area contributed by atoms with Gasteiger partial charge in [0.05, 0.1) is 17.8 Å². The number of ether oxygens (including phenoxy) is 1. The van der Waals surface area contributed by atoms with E-state index in [4.69, 9.17) is 4.74 Å². The predicted octanol–water partition coefficient (Wildman–Crippen LogP) is 0.786. The Morgan fingerprint density at radius 1 is 1.35 bits per heavy atom. The lowest BCUT2D eigenvalue weighted by atomic mass is 10.0. The summed E-state index contributed by atoms with van der Waals surface area (Å²) in [5.74, 6) is -0.656. The van der Waals surface area contributed by atoms with E-state index in [0.29, 0.717) is 4.90 Å². The van der Waals surface area contributed by atoms with Crippen LogP contribution in [0, 0.1) is 0 Å². The fraction of sp³-hybridized carbons (Fsp3) is 0.267. The van der Waals surface area contributed by atoms with E-state index in [9.17, 15) is 13.2 Å². The minimum atomic E-state index is -3.27. The SMILES string of the molecule is COc1nccc(C(=O)NCC2CS(=O)(=O)c3ccccc32)n1. The molecule has 2 heterocycles. The van der Waals surface area contributed by atoms with Crippen molar-refractivity contribution in [1.29, 1.82) is 0 Å². The summed E-state index contributed by atoms with van der Waals surface area (Å²) in [6.45, 7) is 0.224. The molecule has 1 aliphatic heterocycles. The molecule has 0 saturated heterocycles. The molecule has 1 aliphatic rings. The van der Waals surface area contributed by atoms with Gasteiger partial charge in [-0.3, -0.25) is 4.79 Å². The molecule has 0 fully saturated rings. The van der Waals surface area contributed by atoms with Gasteiger partial charge in [0.2, 0.25) is 0 Å². The molecule has 7 nitrogen and oxygen atoms in total. The van der Waals surface area contributed by atoms with Crippen LogP contribution >= 0.6 is 0 Å². The number of methoxy groups -OCH3 is 1. The van der Waals surface area contributed by atoms with Crippen molar-refractivity contribution in [3.63, 3.8) is 0 Å². The molecule has 1 unspecified atom stereocenters. The number of amides is 1. The van der Waals surface area contributed by atoms with Crippen LogP contribution in [0.25, 0.3) is 0 Å². The molecule has 0 aliphatic carbocycles. The van der Waals surface area contributed by atoms with Crippen molar-refractivity contribution in [1.82, 2.24) is 15.3 Å². The summed E-state index contributed by atoms with van der Waals surface area (Å²) in [6.07, 6.45) is 1.43. The maximum Gasteiger partial charge on any atom is 0.316 e. The Morgan fingerprint density at radius 3 is 2.91 bits per heavy atom. The number of fused-ring (bicyclic) bond motifs is 1. The zero-order chi connectivity index (χ0) is 16.4. The van der Waals surface area contributed by atoms with Crippen LogP contribution < -0.4 is 10.1 Å². The Bertz CT molecular complexity index is 851. The first kappa shape index (κ1) is 15.4. The van der Waals surface area contributed by atoms with Gasteiger partial charge in [-0.05, 0) is 17.7 Å². The Kier molecular flexibility index (Phi) is 3.99. The number of rotatable bonds is 4. The Balaban J connectivity index is 1.73. The highest BCUT2D eigenvalue weighted by molar-refractivity contribution is 7.91. The zero-order valence-electron chi connectivity index (χ0n) is 12.4. The van der Waals surface area contributed by atoms with Crippen molar-refractivity contribution in [3.8, 4) is 6.01 Å². The Labute approximate surface area is 133 Å². The van der Waals surface area contributed by atoms with Gasteiger partial charge in [0.25, 0.3) is 5.91 Å². The molecule has 3 rings (SSSR count). The normalized spacial score (nSPS) is 18.2. The van der Waals surface area contributed by atoms with Crippen LogP contribution in [0.15, 0.2) is 41.4 Å². The molecule has 0 spiro atoms. The van der Waals surface area contributed by atoms with E-state index in [1.165, 1.54) is 19.4 Å². The molecule has 0 bridgehead atoms. The topological polar surface area (TPSA) is 98.2 Å². The fourth-order valence-corrected chi connectivity index (χ4v) is 4.47. The van der Waals surface area contributed by atoms with Crippen LogP contribution in [-0.4, -0.2) is 43.7 Å². The van der Waals surface area contributed by atoms with E-state index < -0.39 is 15.7 Å². The standard InChI is InChI=1S/C15H15N3O4S/c1-22-15-16-7-6-12(18-15)14(19)17-8-10-9-23(20,21)13-5-3-2-4-11(10)13/h2-7,10H,8-9H2,1H3,(H,17,19). The summed E-state index contributed by atoms with van der Waals surface area (Å²) in [6, 6.07) is 8.45. The van der Waals surface area contributed by atoms with Crippen molar-refractivity contribution in [2.75, 3.05) is 19.4 Å². The number of nitrogens with one attached hydrogen (secondary N) is 1. The minimum Gasteiger partial charge on any atom is -0.467 e. The molecule has 0 radical (unpaired) electrons. The molecule has 1 N–H and O–H groups in total. The van der Waals surface area contributed by atoms with Gasteiger partial charge in [0, 0.05) is 18.7 Å². The van der Waals surface area contributed by atoms with Crippen LogP contribution in [0.3, 0.4) is 0 Å². The Hall–Kier alpha value is -2.48. The second-order valence-electron chi connectivity index (χ2n) is 5.15. The van der Waals surface area contributed by atoms with E-state index in [2.05, 4.69) is 15.3 Å². The lowest BCUT2D eigenvalue weighted by molar-refractivity contribution is 0.0945. The third kappa shape index (κ3) is 3.02. The number of sulfone groups is 1. The summed E-state index contributed by atoms with van der Waals surface area (Å²) in [5.41, 5.74) is 0.916. The van der Waals surface area contributed by atoms with Crippen molar-refractivity contribution >= 4 is 15.7 Å². The van der Waals surface area contributed by atoms with E-state index >= 15 is 0 Å². The molecule has 8 heteroatoms. The molecule has 23 heavy (non-hydrogen) atoms. The van der Waals surface area contributed by atoms with Gasteiger partial charge in [-0.2, -0.15) is 4.98 Å². The molecule has 120 valence electrons. The molecular weight excluding hydrogens is 318 g/mol. The van der Waals surface area contributed by atoms with Crippen LogP contribution in [0.4, 0.5) is 0 Å². The number of carbonyl (C=O) groups excluding carboxylic acids is 1. The molecule has 1 aromatic carbocycles. The number of hydrogen-bond donors (Lipinski definition) is 1. The summed E-state index contributed by atoms with van der Waals surface area (Å²) in [4.78, 5) is 20.3. The fourth-order valence-electron chi connectivity index (χ4n) is 2.59. The molecule has 1 aromatic heterocycles. The van der Waals surface area contributed by atoms with Gasteiger partial charge in [0.1, 0.15) is 5.69 Å². The zero-order valence-corrected chi connectivity index (χ0v) is 13.2. The Morgan fingerprint density at radius 2 is 2.13 bits per heavy atom. The van der Waals surface area contributed by atoms with E-state index in [-0.39, 0.29) is 29.9 Å². The summed E-state index contributed by atoms with van der Waals surface area (Å²) in [5, 5.41) is 2.72. The lowest BCUT2D eigenvalue weighted by Gasteiger charge is -2.11. The highest BCUT2D eigenvalue weighted by Gasteiger charge is 2.34. The summed E-state index contributed by atoms with van der Waals surface area (Å²) >= 11 is 0. The van der Waals surface area contributed by atoms with Crippen LogP contribution in [0.5, 0.6) is 6.01 Å². The molecular formula is C15H15N3O4S. The van der Waals surface area contributed by atoms with Gasteiger partial charge >= 0.3 is 6.01 Å². The van der Waals surface area contributed by atoms with Crippen LogP contribution in [0.2, 0.25) is 0 Å². The van der Waals surface area contributed by atoms with Gasteiger partial charge in [-0.25, -0.2) is 13.4 Å². The van der Waals surface area contributed by atoms with Gasteiger partial charge in [0.15, 0.2) is 9.84 Å². The maximum atomic E-state index is 12.1. The third-order valence-electron chi connectivity index (χ3n) is 3.67. The number of benzene rings is 1. The smallest absolute Gasteiger partial charge is 0.316 e. The van der Waals surface area contributed by atoms with Crippen molar-refractivity contribution in [3.05, 3.63) is 47.8 Å². The first-order chi connectivity index (χ1) is 11.0. The summed E-state index contributed by atoms with van der Waals surface area (Å²) in [7, 11) is -1.86. The van der Waals surface area contributed by atoms with E-state index in [0.717, 1.165) is 5.56 Å². The van der Waals surface area contributed by atoms with Gasteiger partial charge in [-0.1, -0.05) is 18.2 Å². The molecule has 1 amide bonds. The molecule has 0 saturated carbocycles. The maximum absolute atomic E-state index is 12.1. The first-order valence-electron chi connectivity index (χ1n) is 6.98. The van der Waals surface area contributed by atoms with Crippen LogP contribution in [-0.2, 0) is 9.84 Å². The number of carbonyl (C=O) groups is 1. The van der Waals surface area contributed by atoms with Gasteiger partial charge < -0.3 is 10.1 Å². The minimum absolute atomic E-state index is 0.000276.